The molecule has 1 unspecified atom stereocenters. The standard InChI is InChI=1S/C91H55NO/c1-3-4-5-6-7-8-9-10-11-12-13-14-15-16-17-18-19-20-21-22-27-93-30-25-23-29(24-26-30)89-91-87-81-75-65-53-45-37-33-31-32-35-39(37)47(53)57-51-43(35)44-36(32)40-38-34(31)42-41(33)49-55(45)63-69-59(49)60-50(42)56-46(38)54-48(40)58-52(44)62-61(51)73(67(57)75)83(87)84-74(62)68(58)76-66(54)72-64(56)70(60)78-77(69)85(79(81)71(63)65)90(91,28-92(89)2)86(78)80(72)82(76)88(84)91/h23-26,89H,3-22,27-28H2,1-2H3. The van der Waals surface area contributed by atoms with E-state index >= 15 is 0 Å². The molecule has 1 atom stereocenters. The molecule has 2 heteroatoms. The molecule has 0 bridgehead atoms. The Morgan fingerprint density at radius 1 is 0.269 bits per heavy atom. The fourth-order valence-electron chi connectivity index (χ4n) is 29.8. The first-order valence-electron chi connectivity index (χ1n) is 37.5. The second kappa shape index (κ2) is 12.1. The third kappa shape index (κ3) is 3.19. The minimum atomic E-state index is -0.345. The summed E-state index contributed by atoms with van der Waals surface area (Å²) < 4.78 is 6.82. The average molecular weight is 1180 g/mol. The van der Waals surface area contributed by atoms with Crippen LogP contribution in [0.25, 0.3) is 291 Å². The van der Waals surface area contributed by atoms with Gasteiger partial charge in [-0.05, 0) is 344 Å². The van der Waals surface area contributed by atoms with E-state index in [2.05, 4.69) is 43.1 Å². The molecular weight excluding hydrogens is 1120 g/mol. The molecule has 5 aliphatic rings. The van der Waals surface area contributed by atoms with Crippen molar-refractivity contribution in [1.82, 2.24) is 4.90 Å². The van der Waals surface area contributed by atoms with Crippen LogP contribution >= 0.6 is 0 Å². The number of hydrogen-bond donors (Lipinski definition) is 0. The van der Waals surface area contributed by atoms with E-state index in [4.69, 9.17) is 4.74 Å². The van der Waals surface area contributed by atoms with Gasteiger partial charge in [0.05, 0.1) is 17.4 Å². The Morgan fingerprint density at radius 3 is 0.710 bits per heavy atom. The van der Waals surface area contributed by atoms with Gasteiger partial charge in [-0.3, -0.25) is 4.90 Å². The van der Waals surface area contributed by atoms with Crippen LogP contribution in [0, 0.1) is 0 Å². The van der Waals surface area contributed by atoms with Crippen molar-refractivity contribution in [1.29, 1.82) is 0 Å². The first-order valence-corrected chi connectivity index (χ1v) is 37.5. The molecule has 93 heavy (non-hydrogen) atoms. The number of ether oxygens (including phenoxy) is 1. The smallest absolute Gasteiger partial charge is 0.119 e. The van der Waals surface area contributed by atoms with Gasteiger partial charge >= 0.3 is 0 Å². The van der Waals surface area contributed by atoms with Crippen LogP contribution in [0.3, 0.4) is 0 Å². The fraction of sp³-hybridized carbons (Fsp3) is 0.297. The lowest BCUT2D eigenvalue weighted by Crippen LogP contribution is -2.51. The summed E-state index contributed by atoms with van der Waals surface area (Å²) >= 11 is 0. The predicted octanol–water partition coefficient (Wildman–Crippen LogP) is 26.2. The zero-order valence-corrected chi connectivity index (χ0v) is 52.3. The number of likely N-dealkylation sites (tertiary alicyclic amines) is 1. The van der Waals surface area contributed by atoms with Crippen LogP contribution in [0.5, 0.6) is 5.75 Å². The monoisotopic (exact) mass is 1180 g/mol. The highest BCUT2D eigenvalue weighted by Gasteiger charge is 2.76. The molecule has 34 rings (SSSR count). The topological polar surface area (TPSA) is 12.5 Å². The molecule has 1 aliphatic heterocycles. The third-order valence-corrected chi connectivity index (χ3v) is 31.4. The van der Waals surface area contributed by atoms with Gasteiger partial charge in [-0.25, -0.2) is 0 Å². The lowest BCUT2D eigenvalue weighted by Gasteiger charge is -2.52. The number of likely N-dealkylation sites (N-methyl/N-ethyl adjacent to an activating group) is 1. The lowest BCUT2D eigenvalue weighted by molar-refractivity contribution is 0.270. The van der Waals surface area contributed by atoms with Crippen LogP contribution in [-0.4, -0.2) is 25.1 Å². The SMILES string of the molecule is CCCCCCCCCCCCCCCCCCCCCCOc1ccc(C2N(C)CC34c5c6c7c8c9c%10c(c%11c%12c3c3c5c5c%13c6c6c7c7c9c9c%14c%10c%10c%11c%11c%12c%12c3c3c5c5c%13c%13c6c6c7c9c7c9c%14c%10c%10c%11c%11c%12c3c3c5c5c%13c6c7c6c9c%10c%11c3c56)C824)cc1. The molecule has 0 N–H and O–H groups in total. The van der Waals surface area contributed by atoms with E-state index in [0.717, 1.165) is 25.3 Å². The molecule has 1 fully saturated rings. The fourth-order valence-corrected chi connectivity index (χ4v) is 29.8. The Bertz CT molecular complexity index is 7690. The Labute approximate surface area is 527 Å². The number of unbranched alkanes of at least 4 members (excludes halogenated alkanes) is 19. The van der Waals surface area contributed by atoms with Crippen molar-refractivity contribution in [2.24, 2.45) is 0 Å². The van der Waals surface area contributed by atoms with Crippen molar-refractivity contribution < 1.29 is 4.74 Å². The third-order valence-electron chi connectivity index (χ3n) is 31.4. The summed E-state index contributed by atoms with van der Waals surface area (Å²) in [5.74, 6) is 1.05. The summed E-state index contributed by atoms with van der Waals surface area (Å²) in [7, 11) is 2.60. The molecule has 0 radical (unpaired) electrons. The second-order valence-corrected chi connectivity index (χ2v) is 33.9. The highest BCUT2D eigenvalue weighted by molar-refractivity contribution is 6.82. The Morgan fingerprint density at radius 2 is 0.473 bits per heavy atom. The van der Waals surface area contributed by atoms with Crippen molar-refractivity contribution in [3.8, 4) is 5.75 Å². The zero-order chi connectivity index (χ0) is 57.9. The quantitative estimate of drug-likeness (QED) is 0.0467. The second-order valence-electron chi connectivity index (χ2n) is 33.9. The molecule has 2 spiro atoms. The van der Waals surface area contributed by atoms with Gasteiger partial charge in [0, 0.05) is 12.6 Å². The van der Waals surface area contributed by atoms with Gasteiger partial charge in [-0.15, -0.1) is 0 Å². The number of rotatable bonds is 23. The van der Waals surface area contributed by atoms with E-state index in [0.29, 0.717) is 0 Å². The van der Waals surface area contributed by atoms with E-state index in [1.54, 1.807) is 313 Å². The summed E-state index contributed by atoms with van der Waals surface area (Å²) in [6.07, 6.45) is 28.1. The van der Waals surface area contributed by atoms with E-state index in [1.165, 1.54) is 128 Å². The first kappa shape index (κ1) is 43.4. The molecule has 29 aromatic carbocycles. The van der Waals surface area contributed by atoms with Gasteiger partial charge in [-0.2, -0.15) is 0 Å². The van der Waals surface area contributed by atoms with Crippen molar-refractivity contribution in [3.05, 3.63) is 52.1 Å². The van der Waals surface area contributed by atoms with Crippen molar-refractivity contribution in [3.63, 3.8) is 0 Å². The molecule has 1 heterocycles. The van der Waals surface area contributed by atoms with Gasteiger partial charge in [-0.1, -0.05) is 141 Å². The summed E-state index contributed by atoms with van der Waals surface area (Å²) in [6.45, 7) is 4.16. The van der Waals surface area contributed by atoms with Crippen LogP contribution in [0.15, 0.2) is 24.3 Å². The van der Waals surface area contributed by atoms with Gasteiger partial charge in [0.25, 0.3) is 0 Å². The number of hydrogen-bond acceptors (Lipinski definition) is 2. The molecular formula is C91H55NO. The maximum atomic E-state index is 6.82. The lowest BCUT2D eigenvalue weighted by atomic mass is 9.47. The Kier molecular flexibility index (Phi) is 5.64. The molecule has 0 saturated carbocycles. The average Bonchev–Trinajstić information content (AvgIpc) is 1.38. The van der Waals surface area contributed by atoms with Crippen molar-refractivity contribution in [2.45, 2.75) is 152 Å². The van der Waals surface area contributed by atoms with E-state index in [1.807, 2.05) is 0 Å². The van der Waals surface area contributed by atoms with E-state index in [-0.39, 0.29) is 16.9 Å². The van der Waals surface area contributed by atoms with Crippen LogP contribution in [0.4, 0.5) is 0 Å². The van der Waals surface area contributed by atoms with Crippen LogP contribution < -0.4 is 4.74 Å². The van der Waals surface area contributed by atoms with Crippen LogP contribution in [0.1, 0.15) is 169 Å². The highest BCUT2D eigenvalue weighted by Crippen LogP contribution is 2.87. The van der Waals surface area contributed by atoms with Crippen LogP contribution in [0.2, 0.25) is 0 Å². The number of benzene rings is 19. The molecule has 2 nitrogen and oxygen atoms in total. The van der Waals surface area contributed by atoms with E-state index < -0.39 is 0 Å². The number of nitrogens with zero attached hydrogens (tertiary/aromatic N) is 1. The molecule has 0 amide bonds. The Hall–Kier alpha value is -8.56. The summed E-state index contributed by atoms with van der Waals surface area (Å²) in [6, 6.07) is 10.1. The minimum absolute atomic E-state index is 0.131. The maximum absolute atomic E-state index is 6.82. The first-order chi connectivity index (χ1) is 46.3. The molecule has 29 aromatic rings. The minimum Gasteiger partial charge on any atom is -0.494 e. The van der Waals surface area contributed by atoms with Crippen molar-refractivity contribution >= 4 is 291 Å². The highest BCUT2D eigenvalue weighted by atomic mass is 16.5. The summed E-state index contributed by atoms with van der Waals surface area (Å²) in [4.78, 5) is 2.97. The summed E-state index contributed by atoms with van der Waals surface area (Å²) in [5, 5.41) is 90.5. The molecule has 4 aliphatic carbocycles. The van der Waals surface area contributed by atoms with E-state index in [9.17, 15) is 0 Å². The van der Waals surface area contributed by atoms with Gasteiger partial charge in [0.15, 0.2) is 0 Å². The Balaban J connectivity index is 0.606. The predicted molar refractivity (Wildman–Crippen MR) is 399 cm³/mol. The summed E-state index contributed by atoms with van der Waals surface area (Å²) in [5.41, 5.74) is 7.96. The van der Waals surface area contributed by atoms with Gasteiger partial charge < -0.3 is 4.74 Å². The van der Waals surface area contributed by atoms with Gasteiger partial charge in [0.1, 0.15) is 5.75 Å². The normalized spacial score (nSPS) is 20.9. The molecule has 1 saturated heterocycles. The van der Waals surface area contributed by atoms with Crippen LogP contribution in [-0.2, 0) is 10.8 Å². The largest absolute Gasteiger partial charge is 0.494 e. The van der Waals surface area contributed by atoms with Gasteiger partial charge in [0.2, 0.25) is 0 Å². The molecule has 430 valence electrons. The zero-order valence-electron chi connectivity index (χ0n) is 52.3. The van der Waals surface area contributed by atoms with Crippen molar-refractivity contribution in [2.75, 3.05) is 20.2 Å². The maximum Gasteiger partial charge on any atom is 0.119 e. The molecule has 0 aromatic heterocycles.